The molecule has 0 bridgehead atoms. The molecule has 2 aromatic heterocycles. The van der Waals surface area contributed by atoms with Crippen LogP contribution in [-0.4, -0.2) is 15.9 Å². The van der Waals surface area contributed by atoms with Gasteiger partial charge in [0.05, 0.1) is 0 Å². The second-order valence-corrected chi connectivity index (χ2v) is 4.95. The Morgan fingerprint density at radius 1 is 1.42 bits per heavy atom. The van der Waals surface area contributed by atoms with Gasteiger partial charge in [0.2, 0.25) is 0 Å². The number of halogens is 1. The van der Waals surface area contributed by atoms with Crippen LogP contribution >= 0.6 is 22.9 Å². The first-order valence-corrected chi connectivity index (χ1v) is 6.46. The molecule has 3 N–H and O–H groups in total. The van der Waals surface area contributed by atoms with E-state index in [1.165, 1.54) is 11.3 Å². The molecule has 0 saturated heterocycles. The number of carbonyl (C=O) groups excluding carboxylic acids is 1. The van der Waals surface area contributed by atoms with E-state index in [4.69, 9.17) is 21.8 Å². The lowest BCUT2D eigenvalue weighted by atomic mass is 10.3. The van der Waals surface area contributed by atoms with Crippen molar-refractivity contribution in [3.63, 3.8) is 0 Å². The van der Waals surface area contributed by atoms with Crippen LogP contribution in [0.2, 0.25) is 5.02 Å². The van der Waals surface area contributed by atoms with Gasteiger partial charge in [0.15, 0.2) is 10.7 Å². The summed E-state index contributed by atoms with van der Waals surface area (Å²) in [6.07, 6.45) is 0. The number of thiazole rings is 1. The van der Waals surface area contributed by atoms with Crippen molar-refractivity contribution in [3.8, 4) is 0 Å². The monoisotopic (exact) mass is 294 g/mol. The van der Waals surface area contributed by atoms with Crippen LogP contribution in [0.15, 0.2) is 28.0 Å². The second kappa shape index (κ2) is 4.52. The highest BCUT2D eigenvalue weighted by atomic mass is 35.5. The van der Waals surface area contributed by atoms with Gasteiger partial charge in [-0.2, -0.15) is 4.98 Å². The van der Waals surface area contributed by atoms with Gasteiger partial charge < -0.3 is 10.2 Å². The zero-order valence-corrected chi connectivity index (χ0v) is 11.0. The zero-order valence-electron chi connectivity index (χ0n) is 9.38. The molecule has 6 nitrogen and oxygen atoms in total. The normalized spacial score (nSPS) is 10.8. The maximum Gasteiger partial charge on any atom is 0.302 e. The van der Waals surface area contributed by atoms with Crippen molar-refractivity contribution in [2.24, 2.45) is 5.73 Å². The molecule has 3 aromatic rings. The molecule has 0 unspecified atom stereocenters. The van der Waals surface area contributed by atoms with Crippen molar-refractivity contribution in [1.29, 1.82) is 0 Å². The van der Waals surface area contributed by atoms with E-state index in [-0.39, 0.29) is 11.7 Å². The van der Waals surface area contributed by atoms with E-state index >= 15 is 0 Å². The van der Waals surface area contributed by atoms with E-state index in [0.717, 1.165) is 0 Å². The Morgan fingerprint density at radius 3 is 3.00 bits per heavy atom. The SMILES string of the molecule is NC(=O)c1csc(Nc2nc3cc(Cl)ccc3o2)n1. The highest BCUT2D eigenvalue weighted by Gasteiger charge is 2.10. The van der Waals surface area contributed by atoms with Gasteiger partial charge in [-0.15, -0.1) is 11.3 Å². The minimum atomic E-state index is -0.575. The molecule has 0 fully saturated rings. The van der Waals surface area contributed by atoms with Gasteiger partial charge in [0.1, 0.15) is 11.2 Å². The Morgan fingerprint density at radius 2 is 2.26 bits per heavy atom. The molecule has 1 aromatic carbocycles. The number of rotatable bonds is 3. The quantitative estimate of drug-likeness (QED) is 0.774. The summed E-state index contributed by atoms with van der Waals surface area (Å²) >= 11 is 7.10. The first-order valence-electron chi connectivity index (χ1n) is 5.20. The minimum Gasteiger partial charge on any atom is -0.423 e. The Kier molecular flexibility index (Phi) is 2.84. The topological polar surface area (TPSA) is 94.0 Å². The van der Waals surface area contributed by atoms with E-state index in [2.05, 4.69) is 15.3 Å². The third-order valence-electron chi connectivity index (χ3n) is 2.32. The molecule has 3 rings (SSSR count). The van der Waals surface area contributed by atoms with Crippen molar-refractivity contribution in [3.05, 3.63) is 34.3 Å². The number of carbonyl (C=O) groups is 1. The lowest BCUT2D eigenvalue weighted by Gasteiger charge is -1.93. The van der Waals surface area contributed by atoms with Gasteiger partial charge in [-0.05, 0) is 18.2 Å². The van der Waals surface area contributed by atoms with Crippen molar-refractivity contribution < 1.29 is 9.21 Å². The van der Waals surface area contributed by atoms with Gasteiger partial charge in [0, 0.05) is 10.4 Å². The molecule has 8 heteroatoms. The molecule has 2 heterocycles. The maximum absolute atomic E-state index is 10.9. The van der Waals surface area contributed by atoms with Crippen LogP contribution in [0.5, 0.6) is 0 Å². The summed E-state index contributed by atoms with van der Waals surface area (Å²) in [5.74, 6) is -0.575. The molecule has 0 aliphatic heterocycles. The number of fused-ring (bicyclic) bond motifs is 1. The number of nitrogens with two attached hydrogens (primary N) is 1. The van der Waals surface area contributed by atoms with Crippen molar-refractivity contribution >= 4 is 51.1 Å². The Balaban J connectivity index is 1.89. The molecule has 0 spiro atoms. The molecule has 96 valence electrons. The van der Waals surface area contributed by atoms with E-state index in [1.54, 1.807) is 23.6 Å². The van der Waals surface area contributed by atoms with Crippen molar-refractivity contribution in [2.75, 3.05) is 5.32 Å². The summed E-state index contributed by atoms with van der Waals surface area (Å²) in [5, 5.41) is 5.49. The van der Waals surface area contributed by atoms with E-state index in [9.17, 15) is 4.79 Å². The fourth-order valence-corrected chi connectivity index (χ4v) is 2.35. The number of hydrogen-bond donors (Lipinski definition) is 2. The summed E-state index contributed by atoms with van der Waals surface area (Å²) < 4.78 is 5.47. The third kappa shape index (κ3) is 2.38. The number of hydrogen-bond acceptors (Lipinski definition) is 6. The van der Waals surface area contributed by atoms with E-state index < -0.39 is 5.91 Å². The van der Waals surface area contributed by atoms with Crippen LogP contribution in [0.1, 0.15) is 10.5 Å². The number of aromatic nitrogens is 2. The highest BCUT2D eigenvalue weighted by Crippen LogP contribution is 2.25. The summed E-state index contributed by atoms with van der Waals surface area (Å²) in [4.78, 5) is 19.1. The first-order chi connectivity index (χ1) is 9.11. The predicted molar refractivity (Wildman–Crippen MR) is 72.9 cm³/mol. The minimum absolute atomic E-state index is 0.201. The first kappa shape index (κ1) is 11.9. The number of oxazole rings is 1. The fraction of sp³-hybridized carbons (Fsp3) is 0. The molecule has 0 atom stereocenters. The Hall–Kier alpha value is -2.12. The number of benzene rings is 1. The lowest BCUT2D eigenvalue weighted by Crippen LogP contribution is -2.11. The van der Waals surface area contributed by atoms with E-state index in [1.807, 2.05) is 0 Å². The van der Waals surface area contributed by atoms with Crippen molar-refractivity contribution in [1.82, 2.24) is 9.97 Å². The van der Waals surface area contributed by atoms with Crippen LogP contribution in [-0.2, 0) is 0 Å². The van der Waals surface area contributed by atoms with Crippen LogP contribution < -0.4 is 11.1 Å². The molecule has 19 heavy (non-hydrogen) atoms. The molecule has 0 radical (unpaired) electrons. The van der Waals surface area contributed by atoms with Gasteiger partial charge in [-0.25, -0.2) is 4.98 Å². The number of nitrogens with one attached hydrogen (secondary N) is 1. The predicted octanol–water partition coefficient (Wildman–Crippen LogP) is 2.78. The summed E-state index contributed by atoms with van der Waals surface area (Å²) in [6, 6.07) is 5.42. The lowest BCUT2D eigenvalue weighted by molar-refractivity contribution is 0.0996. The summed E-state index contributed by atoms with van der Waals surface area (Å²) in [5.41, 5.74) is 6.57. The largest absolute Gasteiger partial charge is 0.423 e. The number of amides is 1. The van der Waals surface area contributed by atoms with E-state index in [0.29, 0.717) is 21.3 Å². The van der Waals surface area contributed by atoms with Crippen LogP contribution in [0.4, 0.5) is 11.1 Å². The summed E-state index contributed by atoms with van der Waals surface area (Å²) in [7, 11) is 0. The van der Waals surface area contributed by atoms with Gasteiger partial charge in [-0.3, -0.25) is 10.1 Å². The number of anilines is 2. The standard InChI is InChI=1S/C11H7ClN4O2S/c12-5-1-2-8-6(3-5)14-10(18-8)16-11-15-7(4-19-11)9(13)17/h1-4H,(H2,13,17)(H,14,15,16). The van der Waals surface area contributed by atoms with Crippen LogP contribution in [0.3, 0.4) is 0 Å². The highest BCUT2D eigenvalue weighted by molar-refractivity contribution is 7.14. The van der Waals surface area contributed by atoms with Crippen LogP contribution in [0, 0.1) is 0 Å². The zero-order chi connectivity index (χ0) is 13.4. The fourth-order valence-electron chi connectivity index (χ4n) is 1.49. The second-order valence-electron chi connectivity index (χ2n) is 3.66. The molecular weight excluding hydrogens is 288 g/mol. The number of primary amides is 1. The van der Waals surface area contributed by atoms with Gasteiger partial charge in [-0.1, -0.05) is 11.6 Å². The smallest absolute Gasteiger partial charge is 0.302 e. The molecule has 0 aliphatic rings. The average molecular weight is 295 g/mol. The Bertz CT molecular complexity index is 767. The average Bonchev–Trinajstić information content (AvgIpc) is 2.95. The number of nitrogens with zero attached hydrogens (tertiary/aromatic N) is 2. The molecular formula is C11H7ClN4O2S. The van der Waals surface area contributed by atoms with Crippen LogP contribution in [0.25, 0.3) is 11.1 Å². The molecule has 1 amide bonds. The van der Waals surface area contributed by atoms with Crippen molar-refractivity contribution in [2.45, 2.75) is 0 Å². The van der Waals surface area contributed by atoms with Gasteiger partial charge in [0.25, 0.3) is 5.91 Å². The maximum atomic E-state index is 10.9. The van der Waals surface area contributed by atoms with Gasteiger partial charge >= 0.3 is 6.01 Å². The summed E-state index contributed by atoms with van der Waals surface area (Å²) in [6.45, 7) is 0. The molecule has 0 aliphatic carbocycles. The molecule has 0 saturated carbocycles. The third-order valence-corrected chi connectivity index (χ3v) is 3.31. The Labute approximate surface area is 116 Å².